The maximum atomic E-state index is 13.3. The normalized spacial score (nSPS) is 12.3. The van der Waals surface area contributed by atoms with Crippen molar-refractivity contribution in [2.24, 2.45) is 0 Å². The van der Waals surface area contributed by atoms with Gasteiger partial charge in [0.05, 0.1) is 17.5 Å². The van der Waals surface area contributed by atoms with Crippen LogP contribution >= 0.6 is 15.9 Å². The van der Waals surface area contributed by atoms with Crippen LogP contribution in [0.4, 0.5) is 4.39 Å². The van der Waals surface area contributed by atoms with E-state index in [1.807, 2.05) is 0 Å². The van der Waals surface area contributed by atoms with Crippen LogP contribution in [0.15, 0.2) is 16.6 Å². The van der Waals surface area contributed by atoms with Gasteiger partial charge in [-0.2, -0.15) is 0 Å². The molecule has 15 heavy (non-hydrogen) atoms. The van der Waals surface area contributed by atoms with Crippen LogP contribution in [-0.2, 0) is 4.79 Å². The molecule has 0 saturated carbocycles. The van der Waals surface area contributed by atoms with Crippen molar-refractivity contribution >= 4 is 21.9 Å². The maximum absolute atomic E-state index is 13.3. The Kier molecular flexibility index (Phi) is 3.68. The summed E-state index contributed by atoms with van der Waals surface area (Å²) in [5.41, 5.74) is 0.361. The molecular weight excluding hydrogens is 267 g/mol. The molecule has 1 unspecified atom stereocenters. The number of carbonyl (C=O) groups is 1. The van der Waals surface area contributed by atoms with Gasteiger partial charge >= 0.3 is 5.97 Å². The molecule has 0 aliphatic heterocycles. The summed E-state index contributed by atoms with van der Waals surface area (Å²) < 4.78 is 18.4. The van der Waals surface area contributed by atoms with E-state index in [9.17, 15) is 9.18 Å². The third-order valence-corrected chi connectivity index (χ3v) is 2.94. The van der Waals surface area contributed by atoms with E-state index in [-0.39, 0.29) is 4.47 Å². The molecule has 0 aromatic heterocycles. The summed E-state index contributed by atoms with van der Waals surface area (Å²) in [7, 11) is 1.40. The van der Waals surface area contributed by atoms with Crippen LogP contribution in [-0.4, -0.2) is 18.2 Å². The van der Waals surface area contributed by atoms with Gasteiger partial charge in [-0.3, -0.25) is 4.79 Å². The molecule has 0 amide bonds. The van der Waals surface area contributed by atoms with Crippen molar-refractivity contribution in [2.45, 2.75) is 12.8 Å². The van der Waals surface area contributed by atoms with Crippen LogP contribution in [0.3, 0.4) is 0 Å². The highest BCUT2D eigenvalue weighted by Crippen LogP contribution is 2.31. The lowest BCUT2D eigenvalue weighted by atomic mass is 10.0. The average molecular weight is 277 g/mol. The van der Waals surface area contributed by atoms with Gasteiger partial charge in [-0.05, 0) is 34.5 Å². The smallest absolute Gasteiger partial charge is 0.310 e. The Bertz CT molecular complexity index is 392. The van der Waals surface area contributed by atoms with E-state index < -0.39 is 17.7 Å². The van der Waals surface area contributed by atoms with E-state index >= 15 is 0 Å². The molecule has 3 nitrogen and oxygen atoms in total. The van der Waals surface area contributed by atoms with Crippen molar-refractivity contribution in [1.82, 2.24) is 0 Å². The van der Waals surface area contributed by atoms with Gasteiger partial charge in [0.25, 0.3) is 0 Å². The van der Waals surface area contributed by atoms with Gasteiger partial charge in [0.1, 0.15) is 11.6 Å². The minimum absolute atomic E-state index is 0.165. The second kappa shape index (κ2) is 4.61. The highest BCUT2D eigenvalue weighted by Gasteiger charge is 2.20. The highest BCUT2D eigenvalue weighted by molar-refractivity contribution is 9.10. The molecule has 1 aromatic rings. The summed E-state index contributed by atoms with van der Waals surface area (Å²) in [4.78, 5) is 10.8. The lowest BCUT2D eigenvalue weighted by Crippen LogP contribution is -2.09. The molecule has 0 heterocycles. The fourth-order valence-corrected chi connectivity index (χ4v) is 1.72. The summed E-state index contributed by atoms with van der Waals surface area (Å²) >= 11 is 3.02. The zero-order valence-corrected chi connectivity index (χ0v) is 9.84. The molecule has 0 fully saturated rings. The first-order chi connectivity index (χ1) is 6.97. The van der Waals surface area contributed by atoms with Gasteiger partial charge in [-0.1, -0.05) is 0 Å². The molecule has 1 aromatic carbocycles. The predicted molar refractivity (Wildman–Crippen MR) is 56.7 cm³/mol. The van der Waals surface area contributed by atoms with Crippen molar-refractivity contribution in [3.8, 4) is 5.75 Å². The van der Waals surface area contributed by atoms with Crippen LogP contribution in [0.25, 0.3) is 0 Å². The molecule has 0 aliphatic carbocycles. The number of rotatable bonds is 3. The monoisotopic (exact) mass is 276 g/mol. The molecule has 1 rings (SSSR count). The van der Waals surface area contributed by atoms with Crippen LogP contribution in [0.2, 0.25) is 0 Å². The molecule has 0 bridgehead atoms. The van der Waals surface area contributed by atoms with Gasteiger partial charge in [0.15, 0.2) is 0 Å². The van der Waals surface area contributed by atoms with Crippen molar-refractivity contribution in [3.05, 3.63) is 28.0 Å². The fourth-order valence-electron chi connectivity index (χ4n) is 1.15. The summed E-state index contributed by atoms with van der Waals surface area (Å²) in [6.45, 7) is 1.49. The Labute approximate surface area is 95.0 Å². The Morgan fingerprint density at radius 1 is 1.60 bits per heavy atom. The lowest BCUT2D eigenvalue weighted by molar-refractivity contribution is -0.138. The SMILES string of the molecule is COc1cc(F)c(Br)c(C(C)C(=O)O)c1. The van der Waals surface area contributed by atoms with Gasteiger partial charge in [0, 0.05) is 6.07 Å². The number of carboxylic acids is 1. The van der Waals surface area contributed by atoms with Crippen molar-refractivity contribution in [2.75, 3.05) is 7.11 Å². The first kappa shape index (κ1) is 12.0. The first-order valence-corrected chi connectivity index (χ1v) is 5.02. The topological polar surface area (TPSA) is 46.5 Å². The predicted octanol–water partition coefficient (Wildman–Crippen LogP) is 2.78. The third-order valence-electron chi connectivity index (χ3n) is 2.10. The van der Waals surface area contributed by atoms with E-state index in [0.29, 0.717) is 11.3 Å². The molecule has 0 spiro atoms. The fraction of sp³-hybridized carbons (Fsp3) is 0.300. The Morgan fingerprint density at radius 3 is 2.67 bits per heavy atom. The van der Waals surface area contributed by atoms with E-state index in [1.54, 1.807) is 0 Å². The molecule has 1 atom stereocenters. The second-order valence-electron chi connectivity index (χ2n) is 3.07. The standard InChI is InChI=1S/C10H10BrFO3/c1-5(10(13)14)7-3-6(15-2)4-8(12)9(7)11/h3-5H,1-2H3,(H,13,14). The van der Waals surface area contributed by atoms with Crippen molar-refractivity contribution < 1.29 is 19.0 Å². The Balaban J connectivity index is 3.27. The average Bonchev–Trinajstić information content (AvgIpc) is 2.20. The minimum Gasteiger partial charge on any atom is -0.497 e. The van der Waals surface area contributed by atoms with Crippen molar-refractivity contribution in [1.29, 1.82) is 0 Å². The van der Waals surface area contributed by atoms with Crippen molar-refractivity contribution in [3.63, 3.8) is 0 Å². The zero-order valence-electron chi connectivity index (χ0n) is 8.25. The van der Waals surface area contributed by atoms with Crippen LogP contribution < -0.4 is 4.74 Å². The Morgan fingerprint density at radius 2 is 2.20 bits per heavy atom. The summed E-state index contributed by atoms with van der Waals surface area (Å²) in [6.07, 6.45) is 0. The van der Waals surface area contributed by atoms with E-state index in [0.717, 1.165) is 0 Å². The van der Waals surface area contributed by atoms with Gasteiger partial charge in [-0.15, -0.1) is 0 Å². The maximum Gasteiger partial charge on any atom is 0.310 e. The lowest BCUT2D eigenvalue weighted by Gasteiger charge is -2.11. The number of carboxylic acid groups (broad SMARTS) is 1. The summed E-state index contributed by atoms with van der Waals surface area (Å²) in [6, 6.07) is 2.70. The number of ether oxygens (including phenoxy) is 1. The van der Waals surface area contributed by atoms with Gasteiger partial charge < -0.3 is 9.84 Å². The number of methoxy groups -OCH3 is 1. The highest BCUT2D eigenvalue weighted by atomic mass is 79.9. The number of hydrogen-bond acceptors (Lipinski definition) is 2. The van der Waals surface area contributed by atoms with Crippen LogP contribution in [0, 0.1) is 5.82 Å². The quantitative estimate of drug-likeness (QED) is 0.924. The van der Waals surface area contributed by atoms with E-state index in [1.165, 1.54) is 26.2 Å². The number of benzene rings is 1. The Hall–Kier alpha value is -1.10. The van der Waals surface area contributed by atoms with Gasteiger partial charge in [-0.25, -0.2) is 4.39 Å². The number of hydrogen-bond donors (Lipinski definition) is 1. The number of halogens is 2. The van der Waals surface area contributed by atoms with E-state index in [2.05, 4.69) is 15.9 Å². The van der Waals surface area contributed by atoms with E-state index in [4.69, 9.17) is 9.84 Å². The van der Waals surface area contributed by atoms with Crippen LogP contribution in [0.1, 0.15) is 18.4 Å². The third kappa shape index (κ3) is 2.47. The number of aliphatic carboxylic acids is 1. The van der Waals surface area contributed by atoms with Gasteiger partial charge in [0.2, 0.25) is 0 Å². The largest absolute Gasteiger partial charge is 0.497 e. The zero-order chi connectivity index (χ0) is 11.6. The second-order valence-corrected chi connectivity index (χ2v) is 3.87. The molecule has 82 valence electrons. The summed E-state index contributed by atoms with van der Waals surface area (Å²) in [5, 5.41) is 8.83. The molecule has 0 radical (unpaired) electrons. The molecule has 1 N–H and O–H groups in total. The molecular formula is C10H10BrFO3. The molecule has 5 heteroatoms. The molecule has 0 aliphatic rings. The minimum atomic E-state index is -1.01. The summed E-state index contributed by atoms with van der Waals surface area (Å²) in [5.74, 6) is -2.02. The van der Waals surface area contributed by atoms with Crippen LogP contribution in [0.5, 0.6) is 5.75 Å². The first-order valence-electron chi connectivity index (χ1n) is 4.23. The molecule has 0 saturated heterocycles.